The summed E-state index contributed by atoms with van der Waals surface area (Å²) in [6.07, 6.45) is 2.14. The monoisotopic (exact) mass is 222 g/mol. The van der Waals surface area contributed by atoms with Crippen LogP contribution < -0.4 is 0 Å². The van der Waals surface area contributed by atoms with Gasteiger partial charge in [0.1, 0.15) is 0 Å². The van der Waals surface area contributed by atoms with Gasteiger partial charge in [0.2, 0.25) is 0 Å². The molecular formula is C17H18. The van der Waals surface area contributed by atoms with E-state index in [2.05, 4.69) is 75.4 Å². The molecule has 0 spiro atoms. The maximum absolute atomic E-state index is 2.22. The standard InChI is InChI=1S/C17H18/c1-4-14(3)15-8-10-16(11-9-15)17-7-5-6-13(2)12-17/h4-12H,1-3H3/b14-4+. The maximum Gasteiger partial charge on any atom is -0.0181 e. The van der Waals surface area contributed by atoms with E-state index in [1.54, 1.807) is 0 Å². The van der Waals surface area contributed by atoms with Gasteiger partial charge in [-0.15, -0.1) is 0 Å². The fourth-order valence-electron chi connectivity index (χ4n) is 1.92. The second-order valence-corrected chi connectivity index (χ2v) is 4.42. The molecule has 2 aromatic rings. The van der Waals surface area contributed by atoms with Crippen molar-refractivity contribution in [3.8, 4) is 11.1 Å². The number of allylic oxidation sites excluding steroid dienone is 2. The second-order valence-electron chi connectivity index (χ2n) is 4.42. The van der Waals surface area contributed by atoms with E-state index < -0.39 is 0 Å². The molecule has 2 aromatic carbocycles. The molecule has 0 heteroatoms. The van der Waals surface area contributed by atoms with Crippen molar-refractivity contribution in [1.82, 2.24) is 0 Å². The topological polar surface area (TPSA) is 0 Å². The number of benzene rings is 2. The molecule has 0 amide bonds. The van der Waals surface area contributed by atoms with Crippen molar-refractivity contribution in [3.63, 3.8) is 0 Å². The van der Waals surface area contributed by atoms with Crippen LogP contribution in [0.4, 0.5) is 0 Å². The summed E-state index contributed by atoms with van der Waals surface area (Å²) in [4.78, 5) is 0. The van der Waals surface area contributed by atoms with Crippen LogP contribution in [0.3, 0.4) is 0 Å². The Morgan fingerprint density at radius 3 is 2.24 bits per heavy atom. The van der Waals surface area contributed by atoms with Crippen LogP contribution in [-0.2, 0) is 0 Å². The highest BCUT2D eigenvalue weighted by Crippen LogP contribution is 2.23. The van der Waals surface area contributed by atoms with E-state index in [4.69, 9.17) is 0 Å². The third-order valence-corrected chi connectivity index (χ3v) is 3.12. The van der Waals surface area contributed by atoms with Gasteiger partial charge in [-0.25, -0.2) is 0 Å². The van der Waals surface area contributed by atoms with Gasteiger partial charge in [-0.3, -0.25) is 0 Å². The van der Waals surface area contributed by atoms with Crippen molar-refractivity contribution < 1.29 is 0 Å². The van der Waals surface area contributed by atoms with E-state index in [9.17, 15) is 0 Å². The molecule has 2 rings (SSSR count). The highest BCUT2D eigenvalue weighted by molar-refractivity contribution is 5.69. The quantitative estimate of drug-likeness (QED) is 0.664. The zero-order valence-corrected chi connectivity index (χ0v) is 10.7. The summed E-state index contributed by atoms with van der Waals surface area (Å²) in [6, 6.07) is 17.4. The van der Waals surface area contributed by atoms with Gasteiger partial charge in [0.05, 0.1) is 0 Å². The molecule has 0 saturated heterocycles. The van der Waals surface area contributed by atoms with Gasteiger partial charge < -0.3 is 0 Å². The van der Waals surface area contributed by atoms with Crippen LogP contribution in [0, 0.1) is 6.92 Å². The first-order valence-corrected chi connectivity index (χ1v) is 6.01. The van der Waals surface area contributed by atoms with Crippen LogP contribution in [0.15, 0.2) is 54.6 Å². The van der Waals surface area contributed by atoms with E-state index in [1.807, 2.05) is 0 Å². The number of aryl methyl sites for hydroxylation is 1. The van der Waals surface area contributed by atoms with Crippen LogP contribution in [0.25, 0.3) is 16.7 Å². The molecule has 0 radical (unpaired) electrons. The van der Waals surface area contributed by atoms with Crippen LogP contribution in [-0.4, -0.2) is 0 Å². The van der Waals surface area contributed by atoms with Gasteiger partial charge >= 0.3 is 0 Å². The molecule has 0 unspecified atom stereocenters. The van der Waals surface area contributed by atoms with E-state index in [-0.39, 0.29) is 0 Å². The van der Waals surface area contributed by atoms with Crippen LogP contribution >= 0.6 is 0 Å². The molecule has 0 aliphatic heterocycles. The molecule has 0 nitrogen and oxygen atoms in total. The lowest BCUT2D eigenvalue weighted by atomic mass is 10.00. The van der Waals surface area contributed by atoms with Gasteiger partial charge in [0.25, 0.3) is 0 Å². The van der Waals surface area contributed by atoms with Crippen LogP contribution in [0.1, 0.15) is 25.0 Å². The minimum atomic E-state index is 1.28. The molecule has 17 heavy (non-hydrogen) atoms. The summed E-state index contributed by atoms with van der Waals surface area (Å²) in [6.45, 7) is 6.34. The van der Waals surface area contributed by atoms with E-state index in [1.165, 1.54) is 27.8 Å². The predicted molar refractivity (Wildman–Crippen MR) is 75.9 cm³/mol. The minimum Gasteiger partial charge on any atom is -0.0841 e. The highest BCUT2D eigenvalue weighted by Gasteiger charge is 1.99. The molecule has 0 heterocycles. The fraction of sp³-hybridized carbons (Fsp3) is 0.176. The summed E-state index contributed by atoms with van der Waals surface area (Å²) in [5, 5.41) is 0. The smallest absolute Gasteiger partial charge is 0.0181 e. The molecule has 0 saturated carbocycles. The maximum atomic E-state index is 2.22. The summed E-state index contributed by atoms with van der Waals surface area (Å²) in [7, 11) is 0. The van der Waals surface area contributed by atoms with Gasteiger partial charge in [-0.2, -0.15) is 0 Å². The highest BCUT2D eigenvalue weighted by atomic mass is 14.0. The zero-order valence-electron chi connectivity index (χ0n) is 10.7. The van der Waals surface area contributed by atoms with Crippen LogP contribution in [0.2, 0.25) is 0 Å². The zero-order chi connectivity index (χ0) is 12.3. The third-order valence-electron chi connectivity index (χ3n) is 3.12. The van der Waals surface area contributed by atoms with Crippen LogP contribution in [0.5, 0.6) is 0 Å². The second kappa shape index (κ2) is 5.01. The first-order chi connectivity index (χ1) is 8.20. The van der Waals surface area contributed by atoms with Gasteiger partial charge in [-0.05, 0) is 43.0 Å². The molecule has 0 N–H and O–H groups in total. The number of hydrogen-bond donors (Lipinski definition) is 0. The normalized spacial score (nSPS) is 11.6. The molecule has 0 aliphatic rings. The van der Waals surface area contributed by atoms with E-state index in [0.29, 0.717) is 0 Å². The SMILES string of the molecule is C/C=C(\C)c1ccc(-c2cccc(C)c2)cc1. The lowest BCUT2D eigenvalue weighted by Gasteiger charge is -2.05. The van der Waals surface area contributed by atoms with Crippen molar-refractivity contribution in [3.05, 3.63) is 65.7 Å². The average molecular weight is 222 g/mol. The first-order valence-electron chi connectivity index (χ1n) is 6.01. The average Bonchev–Trinajstić information content (AvgIpc) is 2.38. The summed E-state index contributed by atoms with van der Waals surface area (Å²) >= 11 is 0. The molecule has 0 bridgehead atoms. The van der Waals surface area contributed by atoms with Gasteiger partial charge in [-0.1, -0.05) is 60.2 Å². The molecule has 0 fully saturated rings. The van der Waals surface area contributed by atoms with Crippen molar-refractivity contribution in [1.29, 1.82) is 0 Å². The van der Waals surface area contributed by atoms with Crippen molar-refractivity contribution in [2.24, 2.45) is 0 Å². The van der Waals surface area contributed by atoms with E-state index in [0.717, 1.165) is 0 Å². The number of hydrogen-bond acceptors (Lipinski definition) is 0. The van der Waals surface area contributed by atoms with E-state index >= 15 is 0 Å². The van der Waals surface area contributed by atoms with Crippen molar-refractivity contribution >= 4 is 5.57 Å². The number of rotatable bonds is 2. The Morgan fingerprint density at radius 2 is 1.65 bits per heavy atom. The molecule has 0 aromatic heterocycles. The fourth-order valence-corrected chi connectivity index (χ4v) is 1.92. The molecule has 0 atom stereocenters. The Hall–Kier alpha value is -1.82. The Bertz CT molecular complexity index is 530. The Kier molecular flexibility index (Phi) is 3.43. The summed E-state index contributed by atoms with van der Waals surface area (Å²) in [5.41, 5.74) is 6.48. The molecular weight excluding hydrogens is 204 g/mol. The molecule has 0 aliphatic carbocycles. The lowest BCUT2D eigenvalue weighted by molar-refractivity contribution is 1.46. The van der Waals surface area contributed by atoms with Crippen molar-refractivity contribution in [2.45, 2.75) is 20.8 Å². The van der Waals surface area contributed by atoms with Gasteiger partial charge in [0.15, 0.2) is 0 Å². The summed E-state index contributed by atoms with van der Waals surface area (Å²) < 4.78 is 0. The largest absolute Gasteiger partial charge is 0.0841 e. The van der Waals surface area contributed by atoms with Gasteiger partial charge in [0, 0.05) is 0 Å². The Balaban J connectivity index is 2.36. The van der Waals surface area contributed by atoms with Crippen molar-refractivity contribution in [2.75, 3.05) is 0 Å². The lowest BCUT2D eigenvalue weighted by Crippen LogP contribution is -1.82. The summed E-state index contributed by atoms with van der Waals surface area (Å²) in [5.74, 6) is 0. The Labute approximate surface area is 104 Å². The predicted octanol–water partition coefficient (Wildman–Crippen LogP) is 5.09. The third kappa shape index (κ3) is 2.65. The Morgan fingerprint density at radius 1 is 0.941 bits per heavy atom. The minimum absolute atomic E-state index is 1.28. The molecule has 86 valence electrons. The first kappa shape index (κ1) is 11.7.